The molecule has 1 aromatic heterocycles. The normalized spacial score (nSPS) is 11.9. The van der Waals surface area contributed by atoms with Gasteiger partial charge >= 0.3 is 0 Å². The first kappa shape index (κ1) is 22.4. The van der Waals surface area contributed by atoms with Gasteiger partial charge in [0.05, 0.1) is 16.2 Å². The zero-order chi connectivity index (χ0) is 23.0. The maximum Gasteiger partial charge on any atom is 0.267 e. The van der Waals surface area contributed by atoms with Crippen LogP contribution in [0.15, 0.2) is 59.5 Å². The summed E-state index contributed by atoms with van der Waals surface area (Å²) in [6.45, 7) is 7.60. The zero-order valence-corrected chi connectivity index (χ0v) is 18.5. The van der Waals surface area contributed by atoms with Gasteiger partial charge in [0, 0.05) is 22.4 Å². The van der Waals surface area contributed by atoms with E-state index in [1.807, 2.05) is 20.8 Å². The van der Waals surface area contributed by atoms with E-state index in [1.165, 1.54) is 36.4 Å². The second kappa shape index (κ2) is 8.11. The van der Waals surface area contributed by atoms with Crippen LogP contribution in [0.2, 0.25) is 0 Å². The summed E-state index contributed by atoms with van der Waals surface area (Å²) in [7, 11) is -4.17. The van der Waals surface area contributed by atoms with Crippen molar-refractivity contribution in [1.82, 2.24) is 9.71 Å². The first-order valence-corrected chi connectivity index (χ1v) is 11.1. The Morgan fingerprint density at radius 3 is 2.39 bits per heavy atom. The Bertz CT molecular complexity index is 1250. The van der Waals surface area contributed by atoms with Crippen LogP contribution in [0.4, 0.5) is 10.1 Å². The second-order valence-electron chi connectivity index (χ2n) is 8.37. The summed E-state index contributed by atoms with van der Waals surface area (Å²) in [5.74, 6) is -1.34. The number of hydrogen-bond acceptors (Lipinski definition) is 5. The molecule has 0 spiro atoms. The van der Waals surface area contributed by atoms with Gasteiger partial charge in [-0.3, -0.25) is 9.78 Å². The Morgan fingerprint density at radius 1 is 1.06 bits per heavy atom. The minimum atomic E-state index is -4.17. The number of aromatic nitrogens is 1. The van der Waals surface area contributed by atoms with Gasteiger partial charge in [0.25, 0.3) is 15.9 Å². The summed E-state index contributed by atoms with van der Waals surface area (Å²) < 4.78 is 41.5. The third kappa shape index (κ3) is 5.08. The molecular weight excluding hydrogens is 417 g/mol. The molecule has 1 amide bonds. The number of nitrogens with two attached hydrogens (primary N) is 1. The number of halogens is 1. The third-order valence-electron chi connectivity index (χ3n) is 4.62. The van der Waals surface area contributed by atoms with Crippen molar-refractivity contribution >= 4 is 21.6 Å². The predicted octanol–water partition coefficient (Wildman–Crippen LogP) is 4.19. The molecule has 3 N–H and O–H groups in total. The SMILES string of the molecule is Cc1cc(F)cc(-c2nc(C(C)(C)C)ccc2C(=O)NS(=O)(=O)c2cccc(N)c2)c1. The van der Waals surface area contributed by atoms with Gasteiger partial charge in [-0.15, -0.1) is 0 Å². The van der Waals surface area contributed by atoms with E-state index in [-0.39, 0.29) is 27.3 Å². The molecule has 162 valence electrons. The average Bonchev–Trinajstić information content (AvgIpc) is 2.65. The molecule has 8 heteroatoms. The van der Waals surface area contributed by atoms with Crippen LogP contribution in [0.1, 0.15) is 42.4 Å². The van der Waals surface area contributed by atoms with Crippen LogP contribution in [-0.2, 0) is 15.4 Å². The molecule has 0 bridgehead atoms. The maximum atomic E-state index is 14.1. The van der Waals surface area contributed by atoms with Gasteiger partial charge in [0.2, 0.25) is 0 Å². The van der Waals surface area contributed by atoms with Crippen LogP contribution in [0.5, 0.6) is 0 Å². The molecule has 6 nitrogen and oxygen atoms in total. The van der Waals surface area contributed by atoms with Crippen molar-refractivity contribution in [2.75, 3.05) is 5.73 Å². The lowest BCUT2D eigenvalue weighted by molar-refractivity contribution is 0.0981. The molecule has 3 aromatic rings. The van der Waals surface area contributed by atoms with Crippen molar-refractivity contribution < 1.29 is 17.6 Å². The van der Waals surface area contributed by atoms with E-state index in [9.17, 15) is 17.6 Å². The largest absolute Gasteiger partial charge is 0.399 e. The number of nitrogens with one attached hydrogen (secondary N) is 1. The number of rotatable bonds is 4. The fourth-order valence-corrected chi connectivity index (χ4v) is 4.09. The number of carbonyl (C=O) groups excluding carboxylic acids is 1. The first-order valence-electron chi connectivity index (χ1n) is 9.58. The summed E-state index contributed by atoms with van der Waals surface area (Å²) >= 11 is 0. The Balaban J connectivity index is 2.10. The van der Waals surface area contributed by atoms with E-state index < -0.39 is 21.7 Å². The van der Waals surface area contributed by atoms with Crippen LogP contribution in [-0.4, -0.2) is 19.3 Å². The lowest BCUT2D eigenvalue weighted by atomic mass is 9.90. The van der Waals surface area contributed by atoms with E-state index in [0.29, 0.717) is 16.8 Å². The number of nitrogens with zero attached hydrogens (tertiary/aromatic N) is 1. The summed E-state index contributed by atoms with van der Waals surface area (Å²) in [6, 6.07) is 13.1. The number of aryl methyl sites for hydroxylation is 1. The van der Waals surface area contributed by atoms with Crippen LogP contribution in [0.3, 0.4) is 0 Å². The molecule has 0 aliphatic heterocycles. The predicted molar refractivity (Wildman–Crippen MR) is 119 cm³/mol. The number of pyridine rings is 1. The summed E-state index contributed by atoms with van der Waals surface area (Å²) in [5.41, 5.74) is 7.52. The molecule has 1 heterocycles. The minimum absolute atomic E-state index is 0.0190. The highest BCUT2D eigenvalue weighted by Crippen LogP contribution is 2.29. The summed E-state index contributed by atoms with van der Waals surface area (Å²) in [4.78, 5) is 17.4. The number of amides is 1. The quantitative estimate of drug-likeness (QED) is 0.591. The van der Waals surface area contributed by atoms with Crippen molar-refractivity contribution in [2.24, 2.45) is 0 Å². The molecule has 0 radical (unpaired) electrons. The van der Waals surface area contributed by atoms with Crippen LogP contribution in [0.25, 0.3) is 11.3 Å². The summed E-state index contributed by atoms with van der Waals surface area (Å²) in [6.07, 6.45) is 0. The first-order chi connectivity index (χ1) is 14.4. The third-order valence-corrected chi connectivity index (χ3v) is 5.95. The monoisotopic (exact) mass is 441 g/mol. The second-order valence-corrected chi connectivity index (χ2v) is 10.0. The van der Waals surface area contributed by atoms with Gasteiger partial charge in [0.15, 0.2) is 0 Å². The van der Waals surface area contributed by atoms with E-state index in [2.05, 4.69) is 9.71 Å². The standard InChI is InChI=1S/C23H24FN3O3S/c1-14-10-15(12-16(24)11-14)21-19(8-9-20(26-21)23(2,3)4)22(28)27-31(29,30)18-7-5-6-17(25)13-18/h5-13H,25H2,1-4H3,(H,27,28). The molecule has 0 saturated heterocycles. The number of sulfonamides is 1. The zero-order valence-electron chi connectivity index (χ0n) is 17.7. The van der Waals surface area contributed by atoms with E-state index in [4.69, 9.17) is 5.73 Å². The van der Waals surface area contributed by atoms with Crippen molar-refractivity contribution in [3.8, 4) is 11.3 Å². The Labute approximate surface area is 181 Å². The van der Waals surface area contributed by atoms with Gasteiger partial charge in [-0.25, -0.2) is 17.5 Å². The molecular formula is C23H24FN3O3S. The molecule has 0 aliphatic carbocycles. The smallest absolute Gasteiger partial charge is 0.267 e. The van der Waals surface area contributed by atoms with Crippen LogP contribution >= 0.6 is 0 Å². The molecule has 2 aromatic carbocycles. The maximum absolute atomic E-state index is 14.1. The topological polar surface area (TPSA) is 102 Å². The van der Waals surface area contributed by atoms with Gasteiger partial charge < -0.3 is 5.73 Å². The number of nitrogen functional groups attached to an aromatic ring is 1. The Morgan fingerprint density at radius 2 is 1.77 bits per heavy atom. The van der Waals surface area contributed by atoms with Crippen molar-refractivity contribution in [1.29, 1.82) is 0 Å². The number of carbonyl (C=O) groups is 1. The van der Waals surface area contributed by atoms with Gasteiger partial charge in [-0.2, -0.15) is 0 Å². The highest BCUT2D eigenvalue weighted by Gasteiger charge is 2.25. The average molecular weight is 442 g/mol. The fourth-order valence-electron chi connectivity index (χ4n) is 3.07. The Hall–Kier alpha value is -3.26. The molecule has 0 atom stereocenters. The van der Waals surface area contributed by atoms with E-state index >= 15 is 0 Å². The lowest BCUT2D eigenvalue weighted by Gasteiger charge is -2.20. The highest BCUT2D eigenvalue weighted by atomic mass is 32.2. The Kier molecular flexibility index (Phi) is 5.87. The fraction of sp³-hybridized carbons (Fsp3) is 0.217. The van der Waals surface area contributed by atoms with Crippen LogP contribution in [0, 0.1) is 12.7 Å². The summed E-state index contributed by atoms with van der Waals surface area (Å²) in [5, 5.41) is 0. The molecule has 0 fully saturated rings. The van der Waals surface area contributed by atoms with Gasteiger partial charge in [-0.05, 0) is 61.0 Å². The van der Waals surface area contributed by atoms with Crippen molar-refractivity contribution in [2.45, 2.75) is 38.0 Å². The van der Waals surface area contributed by atoms with Gasteiger partial charge in [-0.1, -0.05) is 26.8 Å². The number of hydrogen-bond donors (Lipinski definition) is 2. The van der Waals surface area contributed by atoms with E-state index in [0.717, 1.165) is 0 Å². The highest BCUT2D eigenvalue weighted by molar-refractivity contribution is 7.90. The molecule has 3 rings (SSSR count). The van der Waals surface area contributed by atoms with E-state index in [1.54, 1.807) is 25.1 Å². The van der Waals surface area contributed by atoms with Gasteiger partial charge in [0.1, 0.15) is 5.82 Å². The lowest BCUT2D eigenvalue weighted by Crippen LogP contribution is -2.31. The number of benzene rings is 2. The molecule has 31 heavy (non-hydrogen) atoms. The minimum Gasteiger partial charge on any atom is -0.399 e. The molecule has 0 unspecified atom stereocenters. The van der Waals surface area contributed by atoms with Crippen LogP contribution < -0.4 is 10.5 Å². The molecule has 0 saturated carbocycles. The molecule has 0 aliphatic rings. The van der Waals surface area contributed by atoms with Crippen molar-refractivity contribution in [3.05, 3.63) is 77.2 Å². The number of anilines is 1. The van der Waals surface area contributed by atoms with Crippen molar-refractivity contribution in [3.63, 3.8) is 0 Å².